The summed E-state index contributed by atoms with van der Waals surface area (Å²) >= 11 is 0. The minimum Gasteiger partial charge on any atom is -0.480 e. The molecular weight excluding hydrogens is 284 g/mol. The first-order valence-electron chi connectivity index (χ1n) is 7.01. The van der Waals surface area contributed by atoms with Crippen LogP contribution in [0.3, 0.4) is 0 Å². The molecule has 7 nitrogen and oxygen atoms in total. The highest BCUT2D eigenvalue weighted by atomic mass is 16.4. The molecule has 0 saturated heterocycles. The minimum absolute atomic E-state index is 0.129. The number of nitrogens with one attached hydrogen (secondary N) is 3. The molecule has 1 aromatic rings. The lowest BCUT2D eigenvalue weighted by Gasteiger charge is -2.29. The third-order valence-corrected chi connectivity index (χ3v) is 3.19. The third-order valence-electron chi connectivity index (χ3n) is 3.19. The van der Waals surface area contributed by atoms with Crippen LogP contribution < -0.4 is 16.0 Å². The van der Waals surface area contributed by atoms with Crippen LogP contribution in [-0.2, 0) is 4.79 Å². The van der Waals surface area contributed by atoms with Crippen LogP contribution in [0.25, 0.3) is 0 Å². The summed E-state index contributed by atoms with van der Waals surface area (Å²) in [5.74, 6) is -0.834. The average molecular weight is 304 g/mol. The van der Waals surface area contributed by atoms with Gasteiger partial charge in [0.15, 0.2) is 5.96 Å². The molecule has 4 N–H and O–H groups in total. The molecule has 2 rings (SSSR count). The van der Waals surface area contributed by atoms with Crippen LogP contribution in [0, 0.1) is 5.41 Å². The molecule has 0 unspecified atom stereocenters. The lowest BCUT2D eigenvalue weighted by Crippen LogP contribution is -2.44. The van der Waals surface area contributed by atoms with E-state index < -0.39 is 18.4 Å². The zero-order valence-corrected chi connectivity index (χ0v) is 12.6. The molecule has 1 aliphatic rings. The summed E-state index contributed by atoms with van der Waals surface area (Å²) in [6.45, 7) is 5.40. The van der Waals surface area contributed by atoms with E-state index in [2.05, 4.69) is 34.8 Å². The van der Waals surface area contributed by atoms with Gasteiger partial charge in [-0.15, -0.1) is 0 Å². The van der Waals surface area contributed by atoms with Gasteiger partial charge in [0.1, 0.15) is 6.54 Å². The van der Waals surface area contributed by atoms with Crippen molar-refractivity contribution in [3.05, 3.63) is 29.8 Å². The molecule has 0 spiro atoms. The van der Waals surface area contributed by atoms with Gasteiger partial charge in [0, 0.05) is 29.8 Å². The number of guanidine groups is 1. The van der Waals surface area contributed by atoms with Crippen molar-refractivity contribution in [2.45, 2.75) is 13.8 Å². The summed E-state index contributed by atoms with van der Waals surface area (Å²) in [4.78, 5) is 26.7. The Morgan fingerprint density at radius 1 is 1.41 bits per heavy atom. The Morgan fingerprint density at radius 2 is 2.18 bits per heavy atom. The number of carboxylic acids is 1. The highest BCUT2D eigenvalue weighted by Gasteiger charge is 2.22. The summed E-state index contributed by atoms with van der Waals surface area (Å²) in [5, 5.41) is 17.2. The van der Waals surface area contributed by atoms with Crippen molar-refractivity contribution < 1.29 is 14.7 Å². The number of benzene rings is 1. The normalized spacial score (nSPS) is 16.2. The van der Waals surface area contributed by atoms with Gasteiger partial charge < -0.3 is 21.1 Å². The summed E-state index contributed by atoms with van der Waals surface area (Å²) < 4.78 is 0. The van der Waals surface area contributed by atoms with Crippen molar-refractivity contribution in [2.24, 2.45) is 10.4 Å². The number of aliphatic imine (C=N–C) groups is 1. The van der Waals surface area contributed by atoms with E-state index in [0.29, 0.717) is 17.2 Å². The molecule has 22 heavy (non-hydrogen) atoms. The molecule has 0 atom stereocenters. The van der Waals surface area contributed by atoms with Crippen molar-refractivity contribution in [2.75, 3.05) is 25.0 Å². The van der Waals surface area contributed by atoms with Gasteiger partial charge in [0.25, 0.3) is 5.91 Å². The number of anilines is 1. The maximum Gasteiger partial charge on any atom is 0.322 e. The van der Waals surface area contributed by atoms with Gasteiger partial charge in [0.2, 0.25) is 0 Å². The van der Waals surface area contributed by atoms with Crippen LogP contribution in [0.4, 0.5) is 5.69 Å². The monoisotopic (exact) mass is 304 g/mol. The molecule has 7 heteroatoms. The van der Waals surface area contributed by atoms with E-state index in [1.54, 1.807) is 18.2 Å². The van der Waals surface area contributed by atoms with E-state index in [1.165, 1.54) is 0 Å². The number of rotatable bonds is 4. The fraction of sp³-hybridized carbons (Fsp3) is 0.400. The molecule has 0 radical (unpaired) electrons. The first-order chi connectivity index (χ1) is 10.4. The number of hydrogen-bond acceptors (Lipinski definition) is 5. The van der Waals surface area contributed by atoms with Crippen molar-refractivity contribution >= 4 is 23.5 Å². The first-order valence-corrected chi connectivity index (χ1v) is 7.01. The zero-order valence-electron chi connectivity index (χ0n) is 12.6. The van der Waals surface area contributed by atoms with Crippen LogP contribution in [0.5, 0.6) is 0 Å². The topological polar surface area (TPSA) is 103 Å². The van der Waals surface area contributed by atoms with Crippen molar-refractivity contribution in [1.82, 2.24) is 10.6 Å². The lowest BCUT2D eigenvalue weighted by atomic mass is 9.93. The Hall–Kier alpha value is -2.57. The smallest absolute Gasteiger partial charge is 0.322 e. The first kappa shape index (κ1) is 15.8. The SMILES string of the molecule is CC1(C)CN=C(Nc2cccc(C(=O)NCC(=O)O)c2)NC1. The van der Waals surface area contributed by atoms with Crippen molar-refractivity contribution in [3.8, 4) is 0 Å². The number of carboxylic acid groups (broad SMARTS) is 1. The Labute approximate surface area is 128 Å². The number of nitrogens with zero attached hydrogens (tertiary/aromatic N) is 1. The van der Waals surface area contributed by atoms with Crippen LogP contribution in [0.15, 0.2) is 29.3 Å². The van der Waals surface area contributed by atoms with Gasteiger partial charge in [-0.2, -0.15) is 0 Å². The molecule has 0 aromatic heterocycles. The highest BCUT2D eigenvalue weighted by molar-refractivity contribution is 5.99. The average Bonchev–Trinajstić information content (AvgIpc) is 2.47. The lowest BCUT2D eigenvalue weighted by molar-refractivity contribution is -0.135. The molecule has 1 aromatic carbocycles. The molecule has 1 amide bonds. The Balaban J connectivity index is 2.01. The third kappa shape index (κ3) is 4.47. The van der Waals surface area contributed by atoms with E-state index in [1.807, 2.05) is 6.07 Å². The standard InChI is InChI=1S/C15H20N4O3/c1-15(2)8-17-14(18-9-15)19-11-5-3-4-10(6-11)13(22)16-7-12(20)21/h3-6H,7-9H2,1-2H3,(H,16,22)(H,20,21)(H2,17,18,19). The maximum absolute atomic E-state index is 11.8. The summed E-state index contributed by atoms with van der Waals surface area (Å²) in [5.41, 5.74) is 1.24. The second-order valence-electron chi connectivity index (χ2n) is 5.96. The van der Waals surface area contributed by atoms with Crippen LogP contribution >= 0.6 is 0 Å². The molecule has 0 aliphatic carbocycles. The fourth-order valence-corrected chi connectivity index (χ4v) is 1.94. The summed E-state index contributed by atoms with van der Waals surface area (Å²) in [7, 11) is 0. The predicted molar refractivity (Wildman–Crippen MR) is 84.1 cm³/mol. The van der Waals surface area contributed by atoms with Crippen LogP contribution in [0.1, 0.15) is 24.2 Å². The summed E-state index contributed by atoms with van der Waals surface area (Å²) in [6, 6.07) is 6.83. The quantitative estimate of drug-likeness (QED) is 0.662. The zero-order chi connectivity index (χ0) is 16.2. The van der Waals surface area contributed by atoms with Crippen molar-refractivity contribution in [1.29, 1.82) is 0 Å². The van der Waals surface area contributed by atoms with Gasteiger partial charge in [-0.05, 0) is 18.2 Å². The number of carbonyl (C=O) groups excluding carboxylic acids is 1. The summed E-state index contributed by atoms with van der Waals surface area (Å²) in [6.07, 6.45) is 0. The Kier molecular flexibility index (Phi) is 4.65. The van der Waals surface area contributed by atoms with E-state index in [0.717, 1.165) is 13.1 Å². The number of amides is 1. The van der Waals surface area contributed by atoms with Crippen LogP contribution in [-0.4, -0.2) is 42.6 Å². The molecule has 0 bridgehead atoms. The van der Waals surface area contributed by atoms with Gasteiger partial charge in [-0.25, -0.2) is 0 Å². The number of hydrogen-bond donors (Lipinski definition) is 4. The van der Waals surface area contributed by atoms with E-state index in [-0.39, 0.29) is 5.41 Å². The van der Waals surface area contributed by atoms with Crippen LogP contribution in [0.2, 0.25) is 0 Å². The predicted octanol–water partition coefficient (Wildman–Crippen LogP) is 0.898. The molecule has 1 heterocycles. The number of carbonyl (C=O) groups is 2. The van der Waals surface area contributed by atoms with Gasteiger partial charge >= 0.3 is 5.97 Å². The maximum atomic E-state index is 11.8. The van der Waals surface area contributed by atoms with Gasteiger partial charge in [-0.1, -0.05) is 19.9 Å². The van der Waals surface area contributed by atoms with E-state index >= 15 is 0 Å². The van der Waals surface area contributed by atoms with E-state index in [4.69, 9.17) is 5.11 Å². The highest BCUT2D eigenvalue weighted by Crippen LogP contribution is 2.17. The fourth-order valence-electron chi connectivity index (χ4n) is 1.94. The second kappa shape index (κ2) is 6.46. The molecule has 0 saturated carbocycles. The minimum atomic E-state index is -1.08. The largest absolute Gasteiger partial charge is 0.480 e. The second-order valence-corrected chi connectivity index (χ2v) is 5.96. The van der Waals surface area contributed by atoms with Gasteiger partial charge in [0.05, 0.1) is 0 Å². The van der Waals surface area contributed by atoms with E-state index in [9.17, 15) is 9.59 Å². The Bertz CT molecular complexity index is 611. The molecule has 118 valence electrons. The number of aliphatic carboxylic acids is 1. The molecule has 1 aliphatic heterocycles. The molecule has 0 fully saturated rings. The van der Waals surface area contributed by atoms with Crippen molar-refractivity contribution in [3.63, 3.8) is 0 Å². The molecular formula is C15H20N4O3. The van der Waals surface area contributed by atoms with Gasteiger partial charge in [-0.3, -0.25) is 14.6 Å². The Morgan fingerprint density at radius 3 is 2.82 bits per heavy atom.